The van der Waals surface area contributed by atoms with Crippen molar-refractivity contribution >= 4 is 24.3 Å². The predicted octanol–water partition coefficient (Wildman–Crippen LogP) is 2.05. The largest absolute Gasteiger partial charge is 0.466 e. The predicted molar refractivity (Wildman–Crippen MR) is 87.2 cm³/mol. The molecule has 1 fully saturated rings. The van der Waals surface area contributed by atoms with Crippen LogP contribution in [0, 0.1) is 5.92 Å². The van der Waals surface area contributed by atoms with E-state index in [9.17, 15) is 4.79 Å². The number of hydrogen-bond donors (Lipinski definition) is 1. The van der Waals surface area contributed by atoms with Crippen molar-refractivity contribution in [1.29, 1.82) is 0 Å². The minimum Gasteiger partial charge on any atom is -0.466 e. The maximum atomic E-state index is 11.7. The van der Waals surface area contributed by atoms with Crippen LogP contribution in [0.2, 0.25) is 0 Å². The Balaban J connectivity index is 2.54. The van der Waals surface area contributed by atoms with Crippen LogP contribution in [0.3, 0.4) is 0 Å². The number of ether oxygens (including phenoxy) is 1. The van der Waals surface area contributed by atoms with Gasteiger partial charge in [0.25, 0.3) is 0 Å². The molecule has 0 aromatic heterocycles. The average Bonchev–Trinajstić information content (AvgIpc) is 2.39. The fourth-order valence-corrected chi connectivity index (χ4v) is 4.90. The van der Waals surface area contributed by atoms with Gasteiger partial charge in [0.05, 0.1) is 12.5 Å². The van der Waals surface area contributed by atoms with Gasteiger partial charge in [-0.1, -0.05) is 0 Å². The van der Waals surface area contributed by atoms with Gasteiger partial charge < -0.3 is 4.74 Å². The molecule has 0 bridgehead atoms. The van der Waals surface area contributed by atoms with Crippen LogP contribution in [0.15, 0.2) is 0 Å². The second-order valence-corrected chi connectivity index (χ2v) is 10.1. The monoisotopic (exact) mass is 321 g/mol. The summed E-state index contributed by atoms with van der Waals surface area (Å²) in [7, 11) is 8.10. The molecule has 0 atom stereocenters. The lowest BCUT2D eigenvalue weighted by molar-refractivity contribution is -0.149. The van der Waals surface area contributed by atoms with E-state index >= 15 is 0 Å². The van der Waals surface area contributed by atoms with Crippen LogP contribution >= 0.6 is 6.49 Å². The molecule has 0 heterocycles. The Hall–Kier alpha value is -0.0000000000000000694. The van der Waals surface area contributed by atoms with Crippen LogP contribution in [-0.2, 0) is 21.3 Å². The van der Waals surface area contributed by atoms with E-state index in [1.54, 1.807) is 0 Å². The van der Waals surface area contributed by atoms with Gasteiger partial charge in [0.2, 0.25) is 0 Å². The second kappa shape index (κ2) is 7.85. The van der Waals surface area contributed by atoms with E-state index in [1.807, 2.05) is 35.1 Å². The molecule has 0 aliphatic heterocycles. The van der Waals surface area contributed by atoms with Crippen molar-refractivity contribution in [3.63, 3.8) is 0 Å². The van der Waals surface area contributed by atoms with Crippen molar-refractivity contribution in [2.24, 2.45) is 5.92 Å². The number of carbonyl (C=O) groups excluding carboxylic acids is 1. The van der Waals surface area contributed by atoms with Crippen molar-refractivity contribution in [2.75, 3.05) is 34.8 Å². The first-order valence-corrected chi connectivity index (χ1v) is 9.92. The lowest BCUT2D eigenvalue weighted by Crippen LogP contribution is -2.39. The van der Waals surface area contributed by atoms with Crippen molar-refractivity contribution in [2.45, 2.75) is 38.6 Å². The van der Waals surface area contributed by atoms with Crippen molar-refractivity contribution in [3.8, 4) is 0 Å². The number of hydrogen-bond acceptors (Lipinski definition) is 3. The Kier molecular flexibility index (Phi) is 7.09. The summed E-state index contributed by atoms with van der Waals surface area (Å²) in [6.07, 6.45) is 3.77. The van der Waals surface area contributed by atoms with Crippen molar-refractivity contribution in [1.82, 2.24) is 14.4 Å². The second-order valence-electron chi connectivity index (χ2n) is 5.67. The van der Waals surface area contributed by atoms with Crippen molar-refractivity contribution < 1.29 is 9.53 Å². The Morgan fingerprint density at radius 2 is 1.70 bits per heavy atom. The Bertz CT molecular complexity index is 357. The van der Waals surface area contributed by atoms with Gasteiger partial charge in [-0.3, -0.25) is 19.2 Å². The van der Waals surface area contributed by atoms with Gasteiger partial charge in [-0.15, -0.1) is 0 Å². The van der Waals surface area contributed by atoms with E-state index in [0.717, 1.165) is 25.7 Å². The molecule has 1 aliphatic carbocycles. The maximum absolute atomic E-state index is 11.7. The van der Waals surface area contributed by atoms with Gasteiger partial charge in [0.1, 0.15) is 6.49 Å². The standard InChI is InChI=1S/C13H28N3O2PS/c1-6-18-13(17)11-7-9-12(10-8-11)14-19(20,15(2)3)16(4)5/h11-12H,6-10H2,1-5H3,(H,14,20). The first kappa shape index (κ1) is 18.1. The number of carbonyl (C=O) groups is 1. The molecule has 0 aromatic rings. The highest BCUT2D eigenvalue weighted by Gasteiger charge is 2.31. The third-order valence-electron chi connectivity index (χ3n) is 3.78. The SMILES string of the molecule is CCOC(=O)C1CCC(NP(=S)(N(C)C)N(C)C)CC1. The Morgan fingerprint density at radius 1 is 1.20 bits per heavy atom. The van der Waals surface area contributed by atoms with Gasteiger partial charge in [0.15, 0.2) is 0 Å². The molecular formula is C13H28N3O2PS. The third kappa shape index (κ3) is 4.50. The lowest BCUT2D eigenvalue weighted by Gasteiger charge is -2.40. The van der Waals surface area contributed by atoms with Gasteiger partial charge in [-0.05, 0) is 72.6 Å². The van der Waals surface area contributed by atoms with Gasteiger partial charge in [0, 0.05) is 6.04 Å². The van der Waals surface area contributed by atoms with Crippen LogP contribution < -0.4 is 5.09 Å². The first-order chi connectivity index (χ1) is 9.31. The molecule has 1 aliphatic rings. The summed E-state index contributed by atoms with van der Waals surface area (Å²) in [5.74, 6) is 0.0372. The van der Waals surface area contributed by atoms with Crippen LogP contribution in [0.4, 0.5) is 0 Å². The zero-order valence-electron chi connectivity index (χ0n) is 13.3. The molecule has 0 aromatic carbocycles. The molecule has 0 saturated heterocycles. The lowest BCUT2D eigenvalue weighted by atomic mass is 9.86. The van der Waals surface area contributed by atoms with E-state index in [-0.39, 0.29) is 11.9 Å². The molecule has 1 rings (SSSR count). The molecule has 118 valence electrons. The van der Waals surface area contributed by atoms with E-state index < -0.39 is 6.49 Å². The maximum Gasteiger partial charge on any atom is 0.308 e. The highest BCUT2D eigenvalue weighted by Crippen LogP contribution is 2.47. The number of nitrogens with zero attached hydrogens (tertiary/aromatic N) is 2. The summed E-state index contributed by atoms with van der Waals surface area (Å²) < 4.78 is 9.33. The summed E-state index contributed by atoms with van der Waals surface area (Å²) in [6.45, 7) is 0.474. The van der Waals surface area contributed by atoms with Gasteiger partial charge in [-0.2, -0.15) is 0 Å². The smallest absolute Gasteiger partial charge is 0.308 e. The highest BCUT2D eigenvalue weighted by atomic mass is 32.4. The zero-order chi connectivity index (χ0) is 15.3. The molecule has 0 amide bonds. The Morgan fingerprint density at radius 3 is 2.10 bits per heavy atom. The topological polar surface area (TPSA) is 44.8 Å². The normalized spacial score (nSPS) is 24.1. The van der Waals surface area contributed by atoms with Gasteiger partial charge in [-0.25, -0.2) is 0 Å². The molecule has 0 unspecified atom stereocenters. The van der Waals surface area contributed by atoms with Crippen molar-refractivity contribution in [3.05, 3.63) is 0 Å². The van der Waals surface area contributed by atoms with E-state index in [2.05, 4.69) is 14.4 Å². The molecule has 7 heteroatoms. The summed E-state index contributed by atoms with van der Waals surface area (Å²) in [6, 6.07) is 0.399. The van der Waals surface area contributed by atoms with Crippen LogP contribution in [0.1, 0.15) is 32.6 Å². The van der Waals surface area contributed by atoms with Crippen LogP contribution in [-0.4, -0.2) is 56.1 Å². The summed E-state index contributed by atoms with van der Waals surface area (Å²) in [5, 5.41) is 3.65. The fourth-order valence-electron chi connectivity index (χ4n) is 2.54. The van der Waals surface area contributed by atoms with E-state index in [0.29, 0.717) is 12.6 Å². The number of nitrogens with one attached hydrogen (secondary N) is 1. The van der Waals surface area contributed by atoms with Crippen LogP contribution in [0.5, 0.6) is 0 Å². The summed E-state index contributed by atoms with van der Waals surface area (Å²) in [4.78, 5) is 11.7. The fraction of sp³-hybridized carbons (Fsp3) is 0.923. The summed E-state index contributed by atoms with van der Waals surface area (Å²) >= 11 is 5.81. The quantitative estimate of drug-likeness (QED) is 0.597. The summed E-state index contributed by atoms with van der Waals surface area (Å²) in [5.41, 5.74) is 0. The molecule has 20 heavy (non-hydrogen) atoms. The molecule has 1 N–H and O–H groups in total. The zero-order valence-corrected chi connectivity index (χ0v) is 15.0. The molecule has 5 nitrogen and oxygen atoms in total. The number of rotatable bonds is 6. The molecule has 0 radical (unpaired) electrons. The third-order valence-corrected chi connectivity index (χ3v) is 8.93. The minimum absolute atomic E-state index is 0.0365. The van der Waals surface area contributed by atoms with E-state index in [1.165, 1.54) is 0 Å². The molecule has 1 saturated carbocycles. The molecular weight excluding hydrogens is 293 g/mol. The first-order valence-electron chi connectivity index (χ1n) is 7.21. The Labute approximate surface area is 128 Å². The molecule has 0 spiro atoms. The minimum atomic E-state index is -1.85. The van der Waals surface area contributed by atoms with E-state index in [4.69, 9.17) is 16.5 Å². The van der Waals surface area contributed by atoms with Crippen LogP contribution in [0.25, 0.3) is 0 Å². The van der Waals surface area contributed by atoms with Gasteiger partial charge >= 0.3 is 5.97 Å². The average molecular weight is 321 g/mol. The highest BCUT2D eigenvalue weighted by molar-refractivity contribution is 8.11. The number of esters is 1.